The van der Waals surface area contributed by atoms with Crippen molar-refractivity contribution in [3.8, 4) is 0 Å². The molecule has 21 heavy (non-hydrogen) atoms. The number of sulfonamides is 1. The number of nitrogens with zero attached hydrogens (tertiary/aromatic N) is 1. The molecule has 1 amide bonds. The molecule has 0 radical (unpaired) electrons. The van der Waals surface area contributed by atoms with E-state index in [0.717, 1.165) is 6.42 Å². The first-order valence-corrected chi connectivity index (χ1v) is 8.34. The smallest absolute Gasteiger partial charge is 0.243 e. The van der Waals surface area contributed by atoms with Crippen molar-refractivity contribution in [3.63, 3.8) is 0 Å². The maximum Gasteiger partial charge on any atom is 0.243 e. The maximum atomic E-state index is 13.8. The Bertz CT molecular complexity index is 646. The Morgan fingerprint density at radius 3 is 2.71 bits per heavy atom. The minimum atomic E-state index is -3.93. The summed E-state index contributed by atoms with van der Waals surface area (Å²) in [5.41, 5.74) is 0.655. The van der Waals surface area contributed by atoms with Crippen LogP contribution in [0.5, 0.6) is 0 Å². The molecule has 0 aliphatic carbocycles. The number of hydrogen-bond donors (Lipinski definition) is 1. The number of hydrogen-bond acceptors (Lipinski definition) is 3. The van der Waals surface area contributed by atoms with Crippen molar-refractivity contribution in [3.05, 3.63) is 29.6 Å². The lowest BCUT2D eigenvalue weighted by atomic mass is 10.2. The molecule has 1 saturated heterocycles. The lowest BCUT2D eigenvalue weighted by Gasteiger charge is -2.21. The second-order valence-corrected chi connectivity index (χ2v) is 7.08. The normalized spacial score (nSPS) is 17.3. The molecule has 116 valence electrons. The van der Waals surface area contributed by atoms with Gasteiger partial charge in [-0.15, -0.1) is 0 Å². The van der Waals surface area contributed by atoms with Gasteiger partial charge in [0.25, 0.3) is 0 Å². The van der Waals surface area contributed by atoms with Gasteiger partial charge in [0, 0.05) is 25.6 Å². The predicted octanol–water partition coefficient (Wildman–Crippen LogP) is 1.42. The van der Waals surface area contributed by atoms with Crippen LogP contribution in [0, 0.1) is 12.7 Å². The number of halogens is 1. The van der Waals surface area contributed by atoms with Gasteiger partial charge in [0.15, 0.2) is 0 Å². The zero-order valence-electron chi connectivity index (χ0n) is 12.1. The lowest BCUT2D eigenvalue weighted by molar-refractivity contribution is -0.127. The first-order valence-electron chi connectivity index (χ1n) is 6.86. The van der Waals surface area contributed by atoms with Crippen molar-refractivity contribution < 1.29 is 17.6 Å². The summed E-state index contributed by atoms with van der Waals surface area (Å²) in [5, 5.41) is 0. The molecule has 1 fully saturated rings. The molecule has 0 spiro atoms. The minimum Gasteiger partial charge on any atom is -0.341 e. The van der Waals surface area contributed by atoms with E-state index < -0.39 is 21.9 Å². The number of nitrogens with one attached hydrogen (secondary N) is 1. The molecule has 0 saturated carbocycles. The standard InChI is InChI=1S/C14H19FN2O3S/c1-10-5-6-13(12(15)8-10)21(19,20)16-11(2)9-17-7-3-4-14(17)18/h5-6,8,11,16H,3-4,7,9H2,1-2H3/t11-/m0/s1. The Labute approximate surface area is 124 Å². The average molecular weight is 314 g/mol. The second-order valence-electron chi connectivity index (χ2n) is 5.40. The van der Waals surface area contributed by atoms with Gasteiger partial charge in [-0.05, 0) is 38.0 Å². The van der Waals surface area contributed by atoms with Gasteiger partial charge in [-0.2, -0.15) is 0 Å². The third kappa shape index (κ3) is 3.79. The molecular weight excluding hydrogens is 295 g/mol. The van der Waals surface area contributed by atoms with E-state index in [2.05, 4.69) is 4.72 Å². The fraction of sp³-hybridized carbons (Fsp3) is 0.500. The highest BCUT2D eigenvalue weighted by Gasteiger charge is 2.25. The van der Waals surface area contributed by atoms with E-state index in [1.54, 1.807) is 24.8 Å². The summed E-state index contributed by atoms with van der Waals surface area (Å²) in [6, 6.07) is 3.51. The first-order chi connectivity index (χ1) is 9.79. The Morgan fingerprint density at radius 1 is 1.43 bits per heavy atom. The fourth-order valence-corrected chi connectivity index (χ4v) is 3.71. The van der Waals surface area contributed by atoms with Crippen molar-refractivity contribution in [2.75, 3.05) is 13.1 Å². The van der Waals surface area contributed by atoms with Crippen molar-refractivity contribution in [1.29, 1.82) is 0 Å². The van der Waals surface area contributed by atoms with Crippen LogP contribution >= 0.6 is 0 Å². The third-order valence-corrected chi connectivity index (χ3v) is 5.02. The molecule has 7 heteroatoms. The van der Waals surface area contributed by atoms with Gasteiger partial charge in [0.1, 0.15) is 10.7 Å². The van der Waals surface area contributed by atoms with Gasteiger partial charge >= 0.3 is 0 Å². The molecule has 2 rings (SSSR count). The Hall–Kier alpha value is -1.47. The summed E-state index contributed by atoms with van der Waals surface area (Å²) in [4.78, 5) is 12.8. The largest absolute Gasteiger partial charge is 0.341 e. The molecule has 1 aromatic carbocycles. The monoisotopic (exact) mass is 314 g/mol. The molecule has 1 aliphatic heterocycles. The van der Waals surface area contributed by atoms with Gasteiger partial charge in [-0.1, -0.05) is 6.07 Å². The summed E-state index contributed by atoms with van der Waals surface area (Å²) in [6.07, 6.45) is 1.30. The number of amides is 1. The summed E-state index contributed by atoms with van der Waals surface area (Å²) in [5.74, 6) is -0.741. The van der Waals surface area contributed by atoms with Crippen molar-refractivity contribution in [2.45, 2.75) is 37.6 Å². The summed E-state index contributed by atoms with van der Waals surface area (Å²) < 4.78 is 40.5. The van der Waals surface area contributed by atoms with E-state index >= 15 is 0 Å². The van der Waals surface area contributed by atoms with Crippen LogP contribution in [0.2, 0.25) is 0 Å². The van der Waals surface area contributed by atoms with E-state index in [4.69, 9.17) is 0 Å². The number of benzene rings is 1. The predicted molar refractivity (Wildman–Crippen MR) is 76.7 cm³/mol. The minimum absolute atomic E-state index is 0.0302. The quantitative estimate of drug-likeness (QED) is 0.894. The van der Waals surface area contributed by atoms with Gasteiger partial charge < -0.3 is 4.90 Å². The van der Waals surface area contributed by atoms with E-state index in [1.807, 2.05) is 0 Å². The first kappa shape index (κ1) is 15.9. The fourth-order valence-electron chi connectivity index (χ4n) is 2.42. The van der Waals surface area contributed by atoms with Gasteiger partial charge in [0.2, 0.25) is 15.9 Å². The molecule has 1 aliphatic rings. The summed E-state index contributed by atoms with van der Waals surface area (Å²) >= 11 is 0. The van der Waals surface area contributed by atoms with Crippen molar-refractivity contribution in [2.24, 2.45) is 0 Å². The van der Waals surface area contributed by atoms with Crippen LogP contribution in [0.15, 0.2) is 23.1 Å². The van der Waals surface area contributed by atoms with Crippen LogP contribution in [-0.2, 0) is 14.8 Å². The second kappa shape index (κ2) is 6.11. The maximum absolute atomic E-state index is 13.8. The van der Waals surface area contributed by atoms with E-state index in [0.29, 0.717) is 25.1 Å². The van der Waals surface area contributed by atoms with Crippen LogP contribution in [0.1, 0.15) is 25.3 Å². The van der Waals surface area contributed by atoms with Crippen molar-refractivity contribution in [1.82, 2.24) is 9.62 Å². The molecule has 0 aromatic heterocycles. The Morgan fingerprint density at radius 2 is 2.14 bits per heavy atom. The van der Waals surface area contributed by atoms with Crippen LogP contribution in [0.3, 0.4) is 0 Å². The zero-order valence-corrected chi connectivity index (χ0v) is 12.9. The van der Waals surface area contributed by atoms with Gasteiger partial charge in [0.05, 0.1) is 0 Å². The highest BCUT2D eigenvalue weighted by atomic mass is 32.2. The number of aryl methyl sites for hydroxylation is 1. The van der Waals surface area contributed by atoms with E-state index in [1.165, 1.54) is 12.1 Å². The third-order valence-electron chi connectivity index (χ3n) is 3.40. The topological polar surface area (TPSA) is 66.5 Å². The van der Waals surface area contributed by atoms with Gasteiger partial charge in [-0.25, -0.2) is 17.5 Å². The Kier molecular flexibility index (Phi) is 4.63. The molecular formula is C14H19FN2O3S. The van der Waals surface area contributed by atoms with E-state index in [9.17, 15) is 17.6 Å². The average Bonchev–Trinajstić information content (AvgIpc) is 2.73. The zero-order chi connectivity index (χ0) is 15.6. The van der Waals surface area contributed by atoms with Crippen LogP contribution < -0.4 is 4.72 Å². The Balaban J connectivity index is 2.08. The summed E-state index contributed by atoms with van der Waals surface area (Å²) in [6.45, 7) is 4.29. The summed E-state index contributed by atoms with van der Waals surface area (Å²) in [7, 11) is -3.93. The number of carbonyl (C=O) groups is 1. The molecule has 1 heterocycles. The van der Waals surface area contributed by atoms with Crippen LogP contribution in [-0.4, -0.2) is 38.4 Å². The molecule has 1 atom stereocenters. The molecule has 0 bridgehead atoms. The molecule has 0 unspecified atom stereocenters. The lowest BCUT2D eigenvalue weighted by Crippen LogP contribution is -2.42. The number of carbonyl (C=O) groups excluding carboxylic acids is 1. The molecule has 1 N–H and O–H groups in total. The van der Waals surface area contributed by atoms with Crippen molar-refractivity contribution >= 4 is 15.9 Å². The van der Waals surface area contributed by atoms with E-state index in [-0.39, 0.29) is 10.8 Å². The van der Waals surface area contributed by atoms with Gasteiger partial charge in [-0.3, -0.25) is 4.79 Å². The van der Waals surface area contributed by atoms with Crippen LogP contribution in [0.4, 0.5) is 4.39 Å². The molecule has 5 nitrogen and oxygen atoms in total. The highest BCUT2D eigenvalue weighted by Crippen LogP contribution is 2.16. The SMILES string of the molecule is Cc1ccc(S(=O)(=O)N[C@@H](C)CN2CCCC2=O)c(F)c1. The number of likely N-dealkylation sites (tertiary alicyclic amines) is 1. The van der Waals surface area contributed by atoms with Crippen LogP contribution in [0.25, 0.3) is 0 Å². The number of rotatable bonds is 5. The molecule has 1 aromatic rings. The highest BCUT2D eigenvalue weighted by molar-refractivity contribution is 7.89.